The Morgan fingerprint density at radius 3 is 1.90 bits per heavy atom. The van der Waals surface area contributed by atoms with Crippen LogP contribution in [0.25, 0.3) is 11.5 Å². The van der Waals surface area contributed by atoms with E-state index in [0.717, 1.165) is 9.87 Å². The molecular weight excluding hydrogens is 398 g/mol. The molecule has 0 amide bonds. The number of hydrogen-bond donors (Lipinski definition) is 0. The predicted octanol–water partition coefficient (Wildman–Crippen LogP) is 5.05. The molecule has 6 nitrogen and oxygen atoms in total. The summed E-state index contributed by atoms with van der Waals surface area (Å²) in [5.74, 6) is 0.0752. The van der Waals surface area contributed by atoms with Crippen LogP contribution in [0.2, 0.25) is 0 Å². The minimum atomic E-state index is -4.26. The number of rotatable bonds is 5. The number of hydrogen-bond acceptors (Lipinski definition) is 5. The van der Waals surface area contributed by atoms with E-state index in [4.69, 9.17) is 4.42 Å². The topological polar surface area (TPSA) is 87.2 Å². The summed E-state index contributed by atoms with van der Waals surface area (Å²) in [4.78, 5) is 4.13. The van der Waals surface area contributed by atoms with Crippen LogP contribution in [0, 0.1) is 18.3 Å². The molecular formula is C23H17N3O3S. The summed E-state index contributed by atoms with van der Waals surface area (Å²) in [5, 5.41) is 9.06. The molecule has 0 radical (unpaired) electrons. The summed E-state index contributed by atoms with van der Waals surface area (Å²) < 4.78 is 34.1. The highest BCUT2D eigenvalue weighted by molar-refractivity contribution is 7.93. The van der Waals surface area contributed by atoms with Gasteiger partial charge < -0.3 is 4.42 Å². The Bertz CT molecular complexity index is 1270. The van der Waals surface area contributed by atoms with Crippen molar-refractivity contribution in [2.24, 2.45) is 0 Å². The number of nitriles is 1. The predicted molar refractivity (Wildman–Crippen MR) is 114 cm³/mol. The van der Waals surface area contributed by atoms with Gasteiger partial charge in [-0.15, -0.1) is 0 Å². The zero-order valence-electron chi connectivity index (χ0n) is 16.1. The highest BCUT2D eigenvalue weighted by atomic mass is 32.2. The van der Waals surface area contributed by atoms with E-state index in [1.165, 1.54) is 0 Å². The molecule has 0 atom stereocenters. The first-order valence-electron chi connectivity index (χ1n) is 9.14. The molecule has 0 spiro atoms. The Morgan fingerprint density at radius 2 is 1.40 bits per heavy atom. The van der Waals surface area contributed by atoms with Crippen molar-refractivity contribution in [2.45, 2.75) is 12.0 Å². The quantitative estimate of drug-likeness (QED) is 0.455. The van der Waals surface area contributed by atoms with Gasteiger partial charge in [0.2, 0.25) is 11.6 Å². The fourth-order valence-corrected chi connectivity index (χ4v) is 4.49. The number of oxazole rings is 1. The first-order chi connectivity index (χ1) is 14.5. The van der Waals surface area contributed by atoms with Gasteiger partial charge in [-0.25, -0.2) is 4.31 Å². The standard InChI is InChI=1S/C23H17N3O3S/c1-17-12-14-18(15-13-17)22-25-21(16-24)23(29-22)30(27,28)26(19-8-4-2-5-9-19)20-10-6-3-7-11-20/h2-15H,1H3. The minimum Gasteiger partial charge on any atom is -0.421 e. The van der Waals surface area contributed by atoms with Gasteiger partial charge in [-0.05, 0) is 43.3 Å². The van der Waals surface area contributed by atoms with Gasteiger partial charge in [-0.1, -0.05) is 54.1 Å². The van der Waals surface area contributed by atoms with Gasteiger partial charge in [0.25, 0.3) is 5.09 Å². The molecule has 1 heterocycles. The van der Waals surface area contributed by atoms with Gasteiger partial charge in [-0.2, -0.15) is 18.7 Å². The lowest BCUT2D eigenvalue weighted by Crippen LogP contribution is -2.26. The SMILES string of the molecule is Cc1ccc(-c2nc(C#N)c(S(=O)(=O)N(c3ccccc3)c3ccccc3)o2)cc1. The van der Waals surface area contributed by atoms with Crippen molar-refractivity contribution in [1.29, 1.82) is 5.26 Å². The Morgan fingerprint density at radius 1 is 0.867 bits per heavy atom. The molecule has 3 aromatic carbocycles. The number of nitrogens with zero attached hydrogens (tertiary/aromatic N) is 3. The van der Waals surface area contributed by atoms with E-state index >= 15 is 0 Å². The molecule has 4 aromatic rings. The molecule has 0 N–H and O–H groups in total. The second-order valence-electron chi connectivity index (χ2n) is 6.57. The summed E-state index contributed by atoms with van der Waals surface area (Å²) in [6.07, 6.45) is 0. The van der Waals surface area contributed by atoms with Crippen molar-refractivity contribution in [2.75, 3.05) is 4.31 Å². The van der Waals surface area contributed by atoms with Gasteiger partial charge >= 0.3 is 10.0 Å². The third-order valence-electron chi connectivity index (χ3n) is 4.46. The lowest BCUT2D eigenvalue weighted by molar-refractivity contribution is 0.457. The van der Waals surface area contributed by atoms with E-state index in [9.17, 15) is 13.7 Å². The molecule has 148 valence electrons. The summed E-state index contributed by atoms with van der Waals surface area (Å²) in [6, 6.07) is 26.4. The monoisotopic (exact) mass is 415 g/mol. The van der Waals surface area contributed by atoms with E-state index in [2.05, 4.69) is 4.98 Å². The Labute approximate surface area is 174 Å². The maximum atomic E-state index is 13.7. The highest BCUT2D eigenvalue weighted by Gasteiger charge is 2.34. The van der Waals surface area contributed by atoms with Gasteiger partial charge in [0, 0.05) is 5.56 Å². The average molecular weight is 415 g/mol. The number of aryl methyl sites for hydroxylation is 1. The van der Waals surface area contributed by atoms with Crippen molar-refractivity contribution < 1.29 is 12.8 Å². The third kappa shape index (κ3) is 3.56. The molecule has 1 aromatic heterocycles. The van der Waals surface area contributed by atoms with Gasteiger partial charge in [0.05, 0.1) is 11.4 Å². The molecule has 4 rings (SSSR count). The van der Waals surface area contributed by atoms with Crippen molar-refractivity contribution >= 4 is 21.4 Å². The number of aromatic nitrogens is 1. The van der Waals surface area contributed by atoms with Crippen LogP contribution < -0.4 is 4.31 Å². The van der Waals surface area contributed by atoms with Gasteiger partial charge in [0.15, 0.2) is 0 Å². The first kappa shape index (κ1) is 19.4. The maximum Gasteiger partial charge on any atom is 0.305 e. The molecule has 0 aliphatic rings. The fourth-order valence-electron chi connectivity index (χ4n) is 3.01. The Kier molecular flexibility index (Phi) is 5.09. The van der Waals surface area contributed by atoms with Crippen molar-refractivity contribution in [3.05, 3.63) is 96.2 Å². The maximum absolute atomic E-state index is 13.7. The summed E-state index contributed by atoms with van der Waals surface area (Å²) >= 11 is 0. The fraction of sp³-hybridized carbons (Fsp3) is 0.0435. The van der Waals surface area contributed by atoms with Crippen LogP contribution in [-0.4, -0.2) is 13.4 Å². The van der Waals surface area contributed by atoms with Crippen LogP contribution >= 0.6 is 0 Å². The second-order valence-corrected chi connectivity index (χ2v) is 8.26. The van der Waals surface area contributed by atoms with Gasteiger partial charge in [0.1, 0.15) is 6.07 Å². The normalized spacial score (nSPS) is 11.1. The first-order valence-corrected chi connectivity index (χ1v) is 10.6. The molecule has 0 saturated carbocycles. The molecule has 0 aliphatic carbocycles. The number of anilines is 2. The van der Waals surface area contributed by atoms with E-state index in [-0.39, 0.29) is 11.6 Å². The van der Waals surface area contributed by atoms with E-state index in [1.54, 1.807) is 72.8 Å². The summed E-state index contributed by atoms with van der Waals surface area (Å²) in [5.41, 5.74) is 2.17. The molecule has 7 heteroatoms. The lowest BCUT2D eigenvalue weighted by atomic mass is 10.1. The largest absolute Gasteiger partial charge is 0.421 e. The Hall–Kier alpha value is -3.89. The third-order valence-corrected chi connectivity index (χ3v) is 6.10. The van der Waals surface area contributed by atoms with Crippen LogP contribution in [0.3, 0.4) is 0 Å². The van der Waals surface area contributed by atoms with Crippen LogP contribution in [0.1, 0.15) is 11.3 Å². The molecule has 0 fully saturated rings. The van der Waals surface area contributed by atoms with E-state index < -0.39 is 15.1 Å². The second kappa shape index (κ2) is 7.85. The van der Waals surface area contributed by atoms with Crippen LogP contribution in [0.4, 0.5) is 11.4 Å². The zero-order chi connectivity index (χ0) is 21.1. The Balaban J connectivity index is 1.89. The van der Waals surface area contributed by atoms with Crippen molar-refractivity contribution in [1.82, 2.24) is 4.98 Å². The van der Waals surface area contributed by atoms with E-state index in [0.29, 0.717) is 16.9 Å². The van der Waals surface area contributed by atoms with Crippen LogP contribution in [0.15, 0.2) is 94.4 Å². The van der Waals surface area contributed by atoms with Crippen LogP contribution in [-0.2, 0) is 10.0 Å². The molecule has 30 heavy (non-hydrogen) atoms. The molecule has 0 unspecified atom stereocenters. The number of para-hydroxylation sites is 2. The average Bonchev–Trinajstić information content (AvgIpc) is 3.21. The molecule has 0 saturated heterocycles. The smallest absolute Gasteiger partial charge is 0.305 e. The number of benzene rings is 3. The zero-order valence-corrected chi connectivity index (χ0v) is 16.9. The summed E-state index contributed by atoms with van der Waals surface area (Å²) in [6.45, 7) is 1.94. The molecule has 0 aliphatic heterocycles. The van der Waals surface area contributed by atoms with Crippen LogP contribution in [0.5, 0.6) is 0 Å². The lowest BCUT2D eigenvalue weighted by Gasteiger charge is -2.23. The van der Waals surface area contributed by atoms with E-state index in [1.807, 2.05) is 25.1 Å². The van der Waals surface area contributed by atoms with Crippen molar-refractivity contribution in [3.63, 3.8) is 0 Å². The highest BCUT2D eigenvalue weighted by Crippen LogP contribution is 2.35. The van der Waals surface area contributed by atoms with Crippen molar-refractivity contribution in [3.8, 4) is 17.5 Å². The summed E-state index contributed by atoms with van der Waals surface area (Å²) in [7, 11) is -4.26. The number of sulfonamides is 1. The molecule has 0 bridgehead atoms. The van der Waals surface area contributed by atoms with Gasteiger partial charge in [-0.3, -0.25) is 0 Å². The minimum absolute atomic E-state index is 0.0752.